The first kappa shape index (κ1) is 18.6. The quantitative estimate of drug-likeness (QED) is 0.729. The van der Waals surface area contributed by atoms with Crippen LogP contribution in [0.1, 0.15) is 24.4 Å². The molecule has 4 rings (SSSR count). The lowest BCUT2D eigenvalue weighted by molar-refractivity contribution is -0.134. The smallest absolute Gasteiger partial charge is 0.326 e. The third kappa shape index (κ3) is 3.64. The van der Waals surface area contributed by atoms with Crippen molar-refractivity contribution in [3.63, 3.8) is 0 Å². The van der Waals surface area contributed by atoms with E-state index < -0.39 is 0 Å². The zero-order valence-electron chi connectivity index (χ0n) is 15.7. The molecular weight excluding hydrogens is 378 g/mol. The predicted molar refractivity (Wildman–Crippen MR) is 109 cm³/mol. The molecule has 2 aromatic carbocycles. The molecule has 0 spiro atoms. The molecule has 2 heterocycles. The number of rotatable bonds is 4. The van der Waals surface area contributed by atoms with Gasteiger partial charge in [-0.3, -0.25) is 9.36 Å². The van der Waals surface area contributed by atoms with E-state index >= 15 is 0 Å². The number of nitrogens with zero attached hydrogens (tertiary/aromatic N) is 2. The molecule has 1 amide bonds. The largest absolute Gasteiger partial charge is 0.484 e. The molecule has 0 bridgehead atoms. The fraction of sp³-hybridized carbons (Fsp3) is 0.333. The highest BCUT2D eigenvalue weighted by atomic mass is 35.5. The Balaban J connectivity index is 1.37. The van der Waals surface area contributed by atoms with Crippen molar-refractivity contribution in [3.05, 3.63) is 63.5 Å². The molecule has 0 aliphatic carbocycles. The number of para-hydroxylation sites is 2. The number of hydrogen-bond donors (Lipinski definition) is 1. The van der Waals surface area contributed by atoms with E-state index in [1.807, 2.05) is 41.8 Å². The number of ether oxygens (including phenoxy) is 1. The van der Waals surface area contributed by atoms with Gasteiger partial charge in [-0.2, -0.15) is 0 Å². The summed E-state index contributed by atoms with van der Waals surface area (Å²) in [4.78, 5) is 29.6. The molecule has 1 aromatic heterocycles. The first-order chi connectivity index (χ1) is 13.5. The van der Waals surface area contributed by atoms with Crippen LogP contribution in [0.3, 0.4) is 0 Å². The fourth-order valence-electron chi connectivity index (χ4n) is 3.75. The Morgan fingerprint density at radius 2 is 1.96 bits per heavy atom. The summed E-state index contributed by atoms with van der Waals surface area (Å²) in [5.74, 6) is 0.591. The van der Waals surface area contributed by atoms with Crippen LogP contribution < -0.4 is 10.4 Å². The fourth-order valence-corrected chi connectivity index (χ4v) is 3.87. The summed E-state index contributed by atoms with van der Waals surface area (Å²) in [7, 11) is 0. The number of piperidine rings is 1. The molecule has 6 nitrogen and oxygen atoms in total. The van der Waals surface area contributed by atoms with Crippen LogP contribution in [-0.2, 0) is 4.79 Å². The maximum absolute atomic E-state index is 12.5. The summed E-state index contributed by atoms with van der Waals surface area (Å²) >= 11 is 6.01. The van der Waals surface area contributed by atoms with Crippen LogP contribution in [0.25, 0.3) is 11.0 Å². The normalized spacial score (nSPS) is 15.1. The number of hydrogen-bond acceptors (Lipinski definition) is 3. The number of amides is 1. The van der Waals surface area contributed by atoms with Gasteiger partial charge in [0, 0.05) is 24.2 Å². The van der Waals surface area contributed by atoms with E-state index in [1.165, 1.54) is 0 Å². The van der Waals surface area contributed by atoms with Crippen LogP contribution in [0.15, 0.2) is 47.3 Å². The number of H-pyrrole nitrogens is 1. The molecular formula is C21H22ClN3O3. The van der Waals surface area contributed by atoms with Crippen LogP contribution in [0.2, 0.25) is 5.02 Å². The van der Waals surface area contributed by atoms with Gasteiger partial charge in [0.25, 0.3) is 5.91 Å². The number of imidazole rings is 1. The van der Waals surface area contributed by atoms with Crippen molar-refractivity contribution in [2.45, 2.75) is 25.8 Å². The summed E-state index contributed by atoms with van der Waals surface area (Å²) in [6.07, 6.45) is 1.49. The standard InChI is InChI=1S/C21H22ClN3O3/c1-14-12-16(6-7-17(14)22)28-13-20(26)24-10-8-15(9-11-24)25-19-5-3-2-4-18(19)23-21(25)27/h2-7,12,15H,8-11,13H2,1H3,(H,23,27). The Labute approximate surface area is 167 Å². The molecule has 1 aliphatic rings. The summed E-state index contributed by atoms with van der Waals surface area (Å²) < 4.78 is 7.45. The van der Waals surface area contributed by atoms with Gasteiger partial charge >= 0.3 is 5.69 Å². The van der Waals surface area contributed by atoms with E-state index in [2.05, 4.69) is 4.98 Å². The van der Waals surface area contributed by atoms with E-state index in [0.717, 1.165) is 29.4 Å². The third-order valence-corrected chi connectivity index (χ3v) is 5.72. The Hall–Kier alpha value is -2.73. The maximum atomic E-state index is 12.5. The van der Waals surface area contributed by atoms with Crippen molar-refractivity contribution in [2.75, 3.05) is 19.7 Å². The van der Waals surface area contributed by atoms with E-state index in [4.69, 9.17) is 16.3 Å². The second kappa shape index (κ2) is 7.72. The lowest BCUT2D eigenvalue weighted by Gasteiger charge is -2.32. The summed E-state index contributed by atoms with van der Waals surface area (Å²) in [5.41, 5.74) is 2.58. The Morgan fingerprint density at radius 1 is 1.21 bits per heavy atom. The summed E-state index contributed by atoms with van der Waals surface area (Å²) in [6.45, 7) is 3.12. The lowest BCUT2D eigenvalue weighted by Crippen LogP contribution is -2.42. The first-order valence-electron chi connectivity index (χ1n) is 9.39. The predicted octanol–water partition coefficient (Wildman–Crippen LogP) is 3.53. The van der Waals surface area contributed by atoms with Gasteiger partial charge in [0.1, 0.15) is 5.75 Å². The van der Waals surface area contributed by atoms with Crippen molar-refractivity contribution in [2.24, 2.45) is 0 Å². The molecule has 0 saturated carbocycles. The van der Waals surface area contributed by atoms with Crippen LogP contribution in [0.4, 0.5) is 0 Å². The number of carbonyl (C=O) groups is 1. The van der Waals surface area contributed by atoms with Gasteiger partial charge in [-0.25, -0.2) is 4.79 Å². The average molecular weight is 400 g/mol. The Kier molecular flexibility index (Phi) is 5.13. The minimum absolute atomic E-state index is 0.00122. The van der Waals surface area contributed by atoms with Crippen molar-refractivity contribution in [1.29, 1.82) is 0 Å². The number of fused-ring (bicyclic) bond motifs is 1. The zero-order chi connectivity index (χ0) is 19.7. The van der Waals surface area contributed by atoms with Crippen molar-refractivity contribution in [1.82, 2.24) is 14.5 Å². The second-order valence-corrected chi connectivity index (χ2v) is 7.54. The maximum Gasteiger partial charge on any atom is 0.326 e. The van der Waals surface area contributed by atoms with E-state index in [-0.39, 0.29) is 24.2 Å². The van der Waals surface area contributed by atoms with Gasteiger partial charge in [-0.15, -0.1) is 0 Å². The number of carbonyl (C=O) groups excluding carboxylic acids is 1. The van der Waals surface area contributed by atoms with Gasteiger partial charge in [-0.05, 0) is 55.7 Å². The number of nitrogens with one attached hydrogen (secondary N) is 1. The molecule has 146 valence electrons. The third-order valence-electron chi connectivity index (χ3n) is 5.30. The van der Waals surface area contributed by atoms with Crippen LogP contribution in [0, 0.1) is 6.92 Å². The highest BCUT2D eigenvalue weighted by molar-refractivity contribution is 6.31. The topological polar surface area (TPSA) is 67.3 Å². The van der Waals surface area contributed by atoms with E-state index in [9.17, 15) is 9.59 Å². The number of likely N-dealkylation sites (tertiary alicyclic amines) is 1. The average Bonchev–Trinajstić information content (AvgIpc) is 3.04. The van der Waals surface area contributed by atoms with Gasteiger partial charge in [0.05, 0.1) is 11.0 Å². The SMILES string of the molecule is Cc1cc(OCC(=O)N2CCC(n3c(=O)[nH]c4ccccc43)CC2)ccc1Cl. The van der Waals surface area contributed by atoms with Gasteiger partial charge in [0.2, 0.25) is 0 Å². The molecule has 0 unspecified atom stereocenters. The van der Waals surface area contributed by atoms with Gasteiger partial charge < -0.3 is 14.6 Å². The molecule has 1 fully saturated rings. The number of aromatic nitrogens is 2. The molecule has 1 aliphatic heterocycles. The minimum Gasteiger partial charge on any atom is -0.484 e. The number of aryl methyl sites for hydroxylation is 1. The molecule has 7 heteroatoms. The molecule has 1 N–H and O–H groups in total. The van der Waals surface area contributed by atoms with Gasteiger partial charge in [0.15, 0.2) is 6.61 Å². The van der Waals surface area contributed by atoms with Crippen molar-refractivity contribution < 1.29 is 9.53 Å². The van der Waals surface area contributed by atoms with Crippen LogP contribution >= 0.6 is 11.6 Å². The molecule has 0 atom stereocenters. The molecule has 28 heavy (non-hydrogen) atoms. The number of aromatic amines is 1. The number of benzene rings is 2. The molecule has 3 aromatic rings. The van der Waals surface area contributed by atoms with Crippen LogP contribution in [-0.4, -0.2) is 40.1 Å². The van der Waals surface area contributed by atoms with Gasteiger partial charge in [-0.1, -0.05) is 23.7 Å². The molecule has 1 saturated heterocycles. The Morgan fingerprint density at radius 3 is 2.71 bits per heavy atom. The van der Waals surface area contributed by atoms with Crippen molar-refractivity contribution in [3.8, 4) is 5.75 Å². The van der Waals surface area contributed by atoms with E-state index in [0.29, 0.717) is 23.9 Å². The monoisotopic (exact) mass is 399 g/mol. The zero-order valence-corrected chi connectivity index (χ0v) is 16.4. The van der Waals surface area contributed by atoms with Crippen molar-refractivity contribution >= 4 is 28.5 Å². The number of halogens is 1. The second-order valence-electron chi connectivity index (χ2n) is 7.13. The summed E-state index contributed by atoms with van der Waals surface area (Å²) in [5, 5.41) is 0.674. The minimum atomic E-state index is -0.0904. The van der Waals surface area contributed by atoms with Crippen LogP contribution in [0.5, 0.6) is 5.75 Å². The van der Waals surface area contributed by atoms with E-state index in [1.54, 1.807) is 17.0 Å². The highest BCUT2D eigenvalue weighted by Gasteiger charge is 2.26. The first-order valence-corrected chi connectivity index (χ1v) is 9.76. The lowest BCUT2D eigenvalue weighted by atomic mass is 10.0. The summed E-state index contributed by atoms with van der Waals surface area (Å²) in [6, 6.07) is 13.1. The molecule has 0 radical (unpaired) electrons. The highest BCUT2D eigenvalue weighted by Crippen LogP contribution is 2.25. The Bertz CT molecular complexity index is 1060.